The zero-order valence-electron chi connectivity index (χ0n) is 51.6. The molecule has 4 saturated heterocycles. The number of ether oxygens (including phenoxy) is 1. The molecule has 494 valence electrons. The number of aliphatic hydroxyl groups excluding tert-OH is 2. The fourth-order valence-corrected chi connectivity index (χ4v) is 12.1. The Morgan fingerprint density at radius 1 is 0.527 bits per heavy atom. The zero-order chi connectivity index (χ0) is 65.5. The summed E-state index contributed by atoms with van der Waals surface area (Å²) in [7, 11) is 0. The second-order valence-corrected chi connectivity index (χ2v) is 24.8. The molecule has 19 nitrogen and oxygen atoms in total. The Kier molecular flexibility index (Phi) is 27.1. The first-order chi connectivity index (χ1) is 45.1. The number of hydrogen-bond acceptors (Lipinski definition) is 16. The molecule has 3 amide bonds. The Bertz CT molecular complexity index is 3530. The number of likely N-dealkylation sites (tertiary alicyclic amines) is 3. The highest BCUT2D eigenvalue weighted by Crippen LogP contribution is 2.28. The van der Waals surface area contributed by atoms with Gasteiger partial charge in [-0.15, -0.1) is 0 Å². The van der Waals surface area contributed by atoms with E-state index in [0.717, 1.165) is 109 Å². The van der Waals surface area contributed by atoms with Crippen LogP contribution in [-0.4, -0.2) is 179 Å². The van der Waals surface area contributed by atoms with Gasteiger partial charge < -0.3 is 56.7 Å². The molecule has 3 aromatic heterocycles. The highest BCUT2D eigenvalue weighted by Gasteiger charge is 2.27. The van der Waals surface area contributed by atoms with Crippen LogP contribution in [0.5, 0.6) is 0 Å². The Morgan fingerprint density at radius 3 is 1.63 bits per heavy atom. The second kappa shape index (κ2) is 36.0. The van der Waals surface area contributed by atoms with Gasteiger partial charge in [0, 0.05) is 131 Å². The van der Waals surface area contributed by atoms with E-state index >= 15 is 0 Å². The number of anilines is 5. The molecule has 4 aromatic carbocycles. The first kappa shape index (κ1) is 70.2. The lowest BCUT2D eigenvalue weighted by atomic mass is 10.0. The van der Waals surface area contributed by atoms with E-state index in [-0.39, 0.29) is 71.6 Å². The van der Waals surface area contributed by atoms with Crippen LogP contribution in [0.25, 0.3) is 0 Å². The van der Waals surface area contributed by atoms with Gasteiger partial charge in [0.2, 0.25) is 0 Å². The summed E-state index contributed by atoms with van der Waals surface area (Å²) >= 11 is 23.8. The quantitative estimate of drug-likeness (QED) is 0.0313. The van der Waals surface area contributed by atoms with Crippen molar-refractivity contribution in [2.24, 2.45) is 0 Å². The molecular weight excluding hydrogens is 1270 g/mol. The number of nitrogens with zero attached hydrogens (tertiary/aromatic N) is 7. The summed E-state index contributed by atoms with van der Waals surface area (Å²) in [6.45, 7) is 11.3. The molecule has 4 aliphatic heterocycles. The number of benzene rings is 4. The molecule has 25 heteroatoms. The van der Waals surface area contributed by atoms with Crippen LogP contribution in [0.15, 0.2) is 140 Å². The molecule has 0 saturated carbocycles. The highest BCUT2D eigenvalue weighted by molar-refractivity contribution is 6.31. The Morgan fingerprint density at radius 2 is 1.05 bits per heavy atom. The zero-order valence-corrected chi connectivity index (χ0v) is 54.6. The molecule has 1 atom stereocenters. The van der Waals surface area contributed by atoms with E-state index in [2.05, 4.69) is 90.7 Å². The molecule has 0 spiro atoms. The molecule has 7 aromatic rings. The van der Waals surface area contributed by atoms with Crippen LogP contribution in [0.3, 0.4) is 0 Å². The van der Waals surface area contributed by atoms with E-state index in [1.807, 2.05) is 24.3 Å². The second-order valence-electron chi connectivity index (χ2n) is 23.2. The largest absolute Gasteiger partial charge is 0.395 e. The smallest absolute Gasteiger partial charge is 0.259 e. The molecule has 4 fully saturated rings. The number of amides is 3. The van der Waals surface area contributed by atoms with E-state index in [1.165, 1.54) is 17.7 Å². The molecule has 93 heavy (non-hydrogen) atoms. The average Bonchev–Trinajstić information content (AvgIpc) is 1.22. The molecule has 11 rings (SSSR count). The van der Waals surface area contributed by atoms with E-state index in [1.54, 1.807) is 72.9 Å². The number of nitrogens with one attached hydrogen (secondary N) is 6. The monoisotopic (exact) mass is 1350 g/mol. The number of carbonyl (C=O) groups is 3. The summed E-state index contributed by atoms with van der Waals surface area (Å²) in [4.78, 5) is 60.5. The van der Waals surface area contributed by atoms with E-state index in [9.17, 15) is 23.2 Å². The minimum atomic E-state index is -0.763. The standard InChI is InChI=1S/C30H36FN5O2.C19H21Cl2FN4O2.C19H22Cl2N4O2/c31-25-10-8-24(9-11-25)21-36-17-18-38-27(22-36)19-33-30(37)28-7-4-14-32-29(28)34-26-12-15-35(16-13-26)20-23-5-2-1-3-6-23;20-12-2-1-3-14(10-12)24-19(28)15-11-16(22)17(21)25-18(15)23-13-4-6-26(7-5-13)8-9-27;20-13-2-1-3-15(12-13)23-19(27)16-4-5-17(21)24-18(16)22-14-6-8-25(9-7-14)10-11-26/h1-11,14,26-27H,12-13,15-22H2,(H,32,34)(H,33,37);1-3,10-11,13,27H,4-9H2,(H,23,25)(H,24,28);1-5,12,14,26H,6-11H2,(H,22,24)(H,23,27). The summed E-state index contributed by atoms with van der Waals surface area (Å²) in [5, 5.41) is 37.8. The third kappa shape index (κ3) is 22.2. The van der Waals surface area contributed by atoms with Crippen LogP contribution in [0.4, 0.5) is 37.6 Å². The number of morpholine rings is 1. The third-order valence-corrected chi connectivity index (χ3v) is 17.3. The van der Waals surface area contributed by atoms with Gasteiger partial charge in [0.1, 0.15) is 28.4 Å². The van der Waals surface area contributed by atoms with Crippen LogP contribution in [0.2, 0.25) is 20.4 Å². The predicted molar refractivity (Wildman–Crippen MR) is 364 cm³/mol. The number of carbonyl (C=O) groups excluding carboxylic acids is 3. The number of piperidine rings is 3. The lowest BCUT2D eigenvalue weighted by molar-refractivity contribution is -0.0292. The Hall–Kier alpha value is -7.12. The third-order valence-electron chi connectivity index (χ3n) is 16.4. The first-order valence-electron chi connectivity index (χ1n) is 31.3. The van der Waals surface area contributed by atoms with Crippen molar-refractivity contribution >= 4 is 93.0 Å². The van der Waals surface area contributed by atoms with Crippen molar-refractivity contribution in [1.82, 2.24) is 39.9 Å². The number of pyridine rings is 3. The van der Waals surface area contributed by atoms with Crippen molar-refractivity contribution in [3.8, 4) is 0 Å². The van der Waals surface area contributed by atoms with Gasteiger partial charge in [-0.2, -0.15) is 0 Å². The van der Waals surface area contributed by atoms with Gasteiger partial charge in [0.05, 0.1) is 42.6 Å². The van der Waals surface area contributed by atoms with Gasteiger partial charge >= 0.3 is 0 Å². The molecule has 0 bridgehead atoms. The summed E-state index contributed by atoms with van der Waals surface area (Å²) in [6, 6.07) is 39.3. The fraction of sp³-hybridized carbons (Fsp3) is 0.382. The minimum Gasteiger partial charge on any atom is -0.395 e. The summed E-state index contributed by atoms with van der Waals surface area (Å²) in [5.74, 6) is -0.577. The predicted octanol–water partition coefficient (Wildman–Crippen LogP) is 11.1. The molecule has 7 heterocycles. The lowest BCUT2D eigenvalue weighted by Crippen LogP contribution is -2.47. The number of β-amino-alcohol motifs (C(OH)–C–C–N with tert-alkyl or cyclic N) is 2. The molecular formula is C68H79Cl4F2N13O6. The molecule has 1 unspecified atom stereocenters. The number of rotatable bonds is 21. The SMILES string of the molecule is O=C(NCC1CN(Cc2ccc(F)cc2)CCO1)c1cccnc1NC1CCN(Cc2ccccc2)CC1.O=C(Nc1cccc(Cl)c1)c1cc(F)c(Cl)nc1NC1CCN(CCO)CC1.O=C(Nc1cccc(Cl)c1)c1ccc(Cl)nc1NC1CCN(CCO)CC1. The van der Waals surface area contributed by atoms with E-state index in [4.69, 9.17) is 61.4 Å². The van der Waals surface area contributed by atoms with E-state index in [0.29, 0.717) is 82.1 Å². The Labute approximate surface area is 561 Å². The molecule has 4 aliphatic rings. The first-order valence-corrected chi connectivity index (χ1v) is 32.8. The average molecular weight is 1350 g/mol. The summed E-state index contributed by atoms with van der Waals surface area (Å²) in [6.07, 6.45) is 7.07. The van der Waals surface area contributed by atoms with Crippen LogP contribution >= 0.6 is 46.4 Å². The van der Waals surface area contributed by atoms with E-state index < -0.39 is 11.7 Å². The van der Waals surface area contributed by atoms with Crippen molar-refractivity contribution < 1.29 is 38.1 Å². The maximum Gasteiger partial charge on any atom is 0.259 e. The van der Waals surface area contributed by atoms with Gasteiger partial charge in [-0.1, -0.05) is 101 Å². The van der Waals surface area contributed by atoms with Crippen molar-refractivity contribution in [3.63, 3.8) is 0 Å². The van der Waals surface area contributed by atoms with Crippen molar-refractivity contribution in [2.45, 2.75) is 75.8 Å². The normalized spacial score (nSPS) is 17.0. The van der Waals surface area contributed by atoms with Gasteiger partial charge in [-0.25, -0.2) is 23.7 Å². The number of hydrogen-bond donors (Lipinski definition) is 8. The maximum absolute atomic E-state index is 14.0. The maximum atomic E-state index is 14.0. The topological polar surface area (TPSA) is 225 Å². The molecule has 0 aliphatic carbocycles. The number of aromatic nitrogens is 3. The number of aliphatic hydroxyl groups is 2. The van der Waals surface area contributed by atoms with Crippen LogP contribution in [-0.2, 0) is 17.8 Å². The van der Waals surface area contributed by atoms with Crippen LogP contribution in [0, 0.1) is 11.6 Å². The lowest BCUT2D eigenvalue weighted by Gasteiger charge is -2.33. The van der Waals surface area contributed by atoms with Gasteiger partial charge in [0.15, 0.2) is 11.0 Å². The molecule has 0 radical (unpaired) electrons. The Balaban J connectivity index is 0.000000168. The molecule has 8 N–H and O–H groups in total. The highest BCUT2D eigenvalue weighted by atomic mass is 35.5. The van der Waals surface area contributed by atoms with Gasteiger partial charge in [0.25, 0.3) is 17.7 Å². The summed E-state index contributed by atoms with van der Waals surface area (Å²) < 4.78 is 33.1. The minimum absolute atomic E-state index is 0.0691. The van der Waals surface area contributed by atoms with Gasteiger partial charge in [-0.05, 0) is 129 Å². The van der Waals surface area contributed by atoms with Crippen LogP contribution < -0.4 is 31.9 Å². The van der Waals surface area contributed by atoms with Crippen LogP contribution in [0.1, 0.15) is 80.7 Å². The number of halogens is 6. The fourth-order valence-electron chi connectivity index (χ4n) is 11.5. The van der Waals surface area contributed by atoms with Gasteiger partial charge in [-0.3, -0.25) is 24.2 Å². The van der Waals surface area contributed by atoms with Crippen molar-refractivity contribution in [2.75, 3.05) is 118 Å². The van der Waals surface area contributed by atoms with Crippen molar-refractivity contribution in [1.29, 1.82) is 0 Å². The van der Waals surface area contributed by atoms with Crippen molar-refractivity contribution in [3.05, 3.63) is 199 Å². The summed E-state index contributed by atoms with van der Waals surface area (Å²) in [5.41, 5.74) is 4.56.